The molecule has 62 valence electrons. The molecule has 0 aromatic carbocycles. The smallest absolute Gasteiger partial charge is 0.155 e. The van der Waals surface area contributed by atoms with Crippen molar-refractivity contribution in [2.75, 3.05) is 6.61 Å². The molecule has 3 nitrogen and oxygen atoms in total. The van der Waals surface area contributed by atoms with E-state index in [4.69, 9.17) is 4.74 Å². The lowest BCUT2D eigenvalue weighted by Gasteiger charge is -2.03. The largest absolute Gasteiger partial charge is 0.489 e. The molecular weight excluding hydrogens is 154 g/mol. The van der Waals surface area contributed by atoms with Gasteiger partial charge in [-0.05, 0) is 6.07 Å². The van der Waals surface area contributed by atoms with E-state index >= 15 is 0 Å². The number of rotatable bonds is 4. The van der Waals surface area contributed by atoms with E-state index in [2.05, 4.69) is 11.6 Å². The summed E-state index contributed by atoms with van der Waals surface area (Å²) in [4.78, 5) is 14.2. The molecule has 0 fully saturated rings. The second kappa shape index (κ2) is 4.28. The minimum Gasteiger partial charge on any atom is -0.489 e. The van der Waals surface area contributed by atoms with Gasteiger partial charge in [0.1, 0.15) is 12.4 Å². The van der Waals surface area contributed by atoms with Gasteiger partial charge in [0, 0.05) is 12.4 Å². The van der Waals surface area contributed by atoms with Crippen LogP contribution in [0.3, 0.4) is 0 Å². The lowest BCUT2D eigenvalue weighted by Crippen LogP contribution is -1.96. The summed E-state index contributed by atoms with van der Waals surface area (Å²) in [6, 6.07) is 1.65. The fourth-order valence-electron chi connectivity index (χ4n) is 0.763. The van der Waals surface area contributed by atoms with Crippen molar-refractivity contribution in [2.45, 2.75) is 0 Å². The molecule has 0 saturated carbocycles. The molecule has 0 aliphatic heterocycles. The molecule has 1 rings (SSSR count). The molecule has 3 heteroatoms. The topological polar surface area (TPSA) is 39.2 Å². The first-order valence-electron chi connectivity index (χ1n) is 3.51. The maximum Gasteiger partial charge on any atom is 0.155 e. The number of aromatic nitrogens is 1. The first-order chi connectivity index (χ1) is 5.88. The van der Waals surface area contributed by atoms with Gasteiger partial charge in [-0.2, -0.15) is 0 Å². The molecule has 0 aliphatic carbocycles. The van der Waals surface area contributed by atoms with Gasteiger partial charge in [0.2, 0.25) is 0 Å². The molecular formula is C9H9NO2. The molecule has 1 heterocycles. The summed E-state index contributed by atoms with van der Waals surface area (Å²) in [5.74, 6) is 0.542. The summed E-state index contributed by atoms with van der Waals surface area (Å²) in [7, 11) is 0. The van der Waals surface area contributed by atoms with E-state index in [0.717, 1.165) is 0 Å². The van der Waals surface area contributed by atoms with E-state index in [-0.39, 0.29) is 0 Å². The highest BCUT2D eigenvalue weighted by Crippen LogP contribution is 2.13. The molecule has 0 spiro atoms. The van der Waals surface area contributed by atoms with Gasteiger partial charge < -0.3 is 4.74 Å². The van der Waals surface area contributed by atoms with Crippen LogP contribution in [0, 0.1) is 0 Å². The predicted octanol–water partition coefficient (Wildman–Crippen LogP) is 1.46. The quantitative estimate of drug-likeness (QED) is 0.498. The van der Waals surface area contributed by atoms with E-state index in [1.54, 1.807) is 18.3 Å². The van der Waals surface area contributed by atoms with Crippen molar-refractivity contribution in [3.8, 4) is 5.75 Å². The normalized spacial score (nSPS) is 9.00. The lowest BCUT2D eigenvalue weighted by molar-refractivity contribution is 0.111. The Balaban J connectivity index is 2.81. The molecule has 0 radical (unpaired) electrons. The zero-order valence-corrected chi connectivity index (χ0v) is 6.56. The zero-order valence-electron chi connectivity index (χ0n) is 6.56. The number of pyridine rings is 1. The fraction of sp³-hybridized carbons (Fsp3) is 0.111. The third kappa shape index (κ3) is 1.92. The maximum absolute atomic E-state index is 10.4. The summed E-state index contributed by atoms with van der Waals surface area (Å²) < 4.78 is 5.19. The Hall–Kier alpha value is -1.64. The maximum atomic E-state index is 10.4. The monoisotopic (exact) mass is 163 g/mol. The van der Waals surface area contributed by atoms with Crippen molar-refractivity contribution in [1.29, 1.82) is 0 Å². The molecule has 0 saturated heterocycles. The Kier molecular flexibility index (Phi) is 3.02. The fourth-order valence-corrected chi connectivity index (χ4v) is 0.763. The van der Waals surface area contributed by atoms with Gasteiger partial charge in [-0.1, -0.05) is 12.7 Å². The summed E-state index contributed by atoms with van der Waals surface area (Å²) in [5, 5.41) is 0. The van der Waals surface area contributed by atoms with E-state index in [0.29, 0.717) is 24.2 Å². The number of carbonyl (C=O) groups is 1. The highest BCUT2D eigenvalue weighted by molar-refractivity contribution is 5.78. The van der Waals surface area contributed by atoms with Gasteiger partial charge in [-0.25, -0.2) is 0 Å². The molecule has 0 atom stereocenters. The van der Waals surface area contributed by atoms with Gasteiger partial charge in [-0.15, -0.1) is 0 Å². The van der Waals surface area contributed by atoms with Crippen molar-refractivity contribution >= 4 is 6.29 Å². The lowest BCUT2D eigenvalue weighted by atomic mass is 10.3. The van der Waals surface area contributed by atoms with Crippen LogP contribution in [0.2, 0.25) is 0 Å². The average molecular weight is 163 g/mol. The van der Waals surface area contributed by atoms with Gasteiger partial charge >= 0.3 is 0 Å². The Morgan fingerprint density at radius 2 is 2.50 bits per heavy atom. The summed E-state index contributed by atoms with van der Waals surface area (Å²) in [6.07, 6.45) is 5.37. The van der Waals surface area contributed by atoms with E-state index in [1.165, 1.54) is 6.20 Å². The standard InChI is InChI=1S/C9H9NO2/c1-2-5-12-9-3-4-10-6-8(9)7-11/h2-4,6-7H,1,5H2. The Bertz CT molecular complexity index is 284. The predicted molar refractivity (Wildman–Crippen MR) is 45.3 cm³/mol. The molecule has 0 bridgehead atoms. The molecule has 0 N–H and O–H groups in total. The number of hydrogen-bond donors (Lipinski definition) is 0. The summed E-state index contributed by atoms with van der Waals surface area (Å²) in [5.41, 5.74) is 0.458. The van der Waals surface area contributed by atoms with E-state index < -0.39 is 0 Å². The van der Waals surface area contributed by atoms with Crippen LogP contribution in [0.5, 0.6) is 5.75 Å². The van der Waals surface area contributed by atoms with Crippen LogP contribution in [0.25, 0.3) is 0 Å². The molecule has 0 amide bonds. The Labute approximate surface area is 70.7 Å². The number of aldehydes is 1. The number of ether oxygens (including phenoxy) is 1. The van der Waals surface area contributed by atoms with E-state index in [1.807, 2.05) is 0 Å². The van der Waals surface area contributed by atoms with Crippen molar-refractivity contribution < 1.29 is 9.53 Å². The zero-order chi connectivity index (χ0) is 8.81. The third-order valence-electron chi connectivity index (χ3n) is 1.29. The second-order valence-corrected chi connectivity index (χ2v) is 2.13. The van der Waals surface area contributed by atoms with Crippen molar-refractivity contribution in [1.82, 2.24) is 4.98 Å². The van der Waals surface area contributed by atoms with Crippen molar-refractivity contribution in [2.24, 2.45) is 0 Å². The van der Waals surface area contributed by atoms with Crippen LogP contribution in [0.1, 0.15) is 10.4 Å². The van der Waals surface area contributed by atoms with Crippen molar-refractivity contribution in [3.05, 3.63) is 36.7 Å². The van der Waals surface area contributed by atoms with Gasteiger partial charge in [0.15, 0.2) is 6.29 Å². The van der Waals surface area contributed by atoms with E-state index in [9.17, 15) is 4.79 Å². The summed E-state index contributed by atoms with van der Waals surface area (Å²) in [6.45, 7) is 3.90. The molecule has 12 heavy (non-hydrogen) atoms. The molecule has 1 aromatic heterocycles. The summed E-state index contributed by atoms with van der Waals surface area (Å²) >= 11 is 0. The van der Waals surface area contributed by atoms with Crippen molar-refractivity contribution in [3.63, 3.8) is 0 Å². The Morgan fingerprint density at radius 1 is 1.67 bits per heavy atom. The Morgan fingerprint density at radius 3 is 3.17 bits per heavy atom. The number of hydrogen-bond acceptors (Lipinski definition) is 3. The molecule has 1 aromatic rings. The highest BCUT2D eigenvalue weighted by atomic mass is 16.5. The van der Waals surface area contributed by atoms with Crippen LogP contribution >= 0.6 is 0 Å². The van der Waals surface area contributed by atoms with Crippen LogP contribution in [0.4, 0.5) is 0 Å². The highest BCUT2D eigenvalue weighted by Gasteiger charge is 1.99. The molecule has 0 aliphatic rings. The third-order valence-corrected chi connectivity index (χ3v) is 1.29. The SMILES string of the molecule is C=CCOc1ccncc1C=O. The first-order valence-corrected chi connectivity index (χ1v) is 3.51. The average Bonchev–Trinajstić information content (AvgIpc) is 2.15. The minimum absolute atomic E-state index is 0.394. The molecule has 0 unspecified atom stereocenters. The van der Waals surface area contributed by atoms with Gasteiger partial charge in [0.05, 0.1) is 5.56 Å². The number of carbonyl (C=O) groups excluding carboxylic acids is 1. The van der Waals surface area contributed by atoms with Crippen LogP contribution in [0.15, 0.2) is 31.1 Å². The van der Waals surface area contributed by atoms with Gasteiger partial charge in [0.25, 0.3) is 0 Å². The van der Waals surface area contributed by atoms with Crippen LogP contribution < -0.4 is 4.74 Å². The first kappa shape index (κ1) is 8.46. The van der Waals surface area contributed by atoms with Crippen LogP contribution in [-0.4, -0.2) is 17.9 Å². The minimum atomic E-state index is 0.394. The number of nitrogens with zero attached hydrogens (tertiary/aromatic N) is 1. The van der Waals surface area contributed by atoms with Crippen LogP contribution in [-0.2, 0) is 0 Å². The second-order valence-electron chi connectivity index (χ2n) is 2.13. The van der Waals surface area contributed by atoms with Gasteiger partial charge in [-0.3, -0.25) is 9.78 Å².